The number of imide groups is 1. The lowest BCUT2D eigenvalue weighted by Gasteiger charge is -2.11. The van der Waals surface area contributed by atoms with Gasteiger partial charge in [0.15, 0.2) is 17.2 Å². The number of benzene rings is 1. The van der Waals surface area contributed by atoms with Crippen LogP contribution in [0.5, 0.6) is 11.6 Å². The fourth-order valence-electron chi connectivity index (χ4n) is 3.26. The fourth-order valence-corrected chi connectivity index (χ4v) is 3.26. The summed E-state index contributed by atoms with van der Waals surface area (Å²) in [4.78, 5) is 27.9. The molecule has 2 aliphatic rings. The van der Waals surface area contributed by atoms with E-state index in [1.54, 1.807) is 35.0 Å². The first kappa shape index (κ1) is 18.3. The maximum atomic E-state index is 14.2. The molecule has 0 radical (unpaired) electrons. The van der Waals surface area contributed by atoms with Crippen LogP contribution < -0.4 is 15.4 Å². The number of fused-ring (bicyclic) bond motifs is 1. The summed E-state index contributed by atoms with van der Waals surface area (Å²) in [5.74, 6) is -0.333. The third-order valence-corrected chi connectivity index (χ3v) is 4.93. The molecule has 8 nitrogen and oxygen atoms in total. The smallest absolute Gasteiger partial charge is 0.254 e. The number of carbonyl (C=O) groups is 2. The molecule has 1 aliphatic carbocycles. The zero-order chi connectivity index (χ0) is 20.8. The minimum absolute atomic E-state index is 0.00798. The first-order valence-corrected chi connectivity index (χ1v) is 9.60. The molecule has 3 heterocycles. The Kier molecular flexibility index (Phi) is 4.23. The molecular formula is C21H18FN5O3. The van der Waals surface area contributed by atoms with Gasteiger partial charge in [-0.25, -0.2) is 4.39 Å². The van der Waals surface area contributed by atoms with Crippen LogP contribution in [-0.4, -0.2) is 32.5 Å². The number of aryl methyl sites for hydroxylation is 1. The Morgan fingerprint density at radius 1 is 1.30 bits per heavy atom. The molecule has 2 N–H and O–H groups in total. The molecule has 2 fully saturated rings. The van der Waals surface area contributed by atoms with Crippen LogP contribution in [0.25, 0.3) is 11.7 Å². The van der Waals surface area contributed by atoms with Gasteiger partial charge in [-0.1, -0.05) is 6.07 Å². The summed E-state index contributed by atoms with van der Waals surface area (Å²) in [6.07, 6.45) is 5.27. The van der Waals surface area contributed by atoms with Crippen molar-refractivity contribution in [1.29, 1.82) is 0 Å². The number of nitrogens with one attached hydrogen (secondary N) is 2. The van der Waals surface area contributed by atoms with Gasteiger partial charge >= 0.3 is 0 Å². The quantitative estimate of drug-likeness (QED) is 0.499. The van der Waals surface area contributed by atoms with Gasteiger partial charge in [0.2, 0.25) is 11.8 Å². The van der Waals surface area contributed by atoms with Crippen molar-refractivity contribution in [2.24, 2.45) is 0 Å². The molecule has 0 unspecified atom stereocenters. The number of hydrogen-bond donors (Lipinski definition) is 2. The molecule has 0 spiro atoms. The van der Waals surface area contributed by atoms with Gasteiger partial charge in [0.25, 0.3) is 5.91 Å². The van der Waals surface area contributed by atoms with Gasteiger partial charge in [-0.05, 0) is 43.5 Å². The van der Waals surface area contributed by atoms with Crippen LogP contribution in [0.15, 0.2) is 36.0 Å². The molecule has 152 valence electrons. The van der Waals surface area contributed by atoms with Crippen LogP contribution in [0, 0.1) is 12.7 Å². The van der Waals surface area contributed by atoms with Crippen molar-refractivity contribution in [3.8, 4) is 11.6 Å². The summed E-state index contributed by atoms with van der Waals surface area (Å²) in [5.41, 5.74) is 2.19. The van der Waals surface area contributed by atoms with E-state index in [9.17, 15) is 14.0 Å². The highest BCUT2D eigenvalue weighted by molar-refractivity contribution is 6.15. The van der Waals surface area contributed by atoms with Crippen molar-refractivity contribution in [1.82, 2.24) is 19.9 Å². The van der Waals surface area contributed by atoms with E-state index in [-0.39, 0.29) is 24.0 Å². The van der Waals surface area contributed by atoms with E-state index in [0.717, 1.165) is 18.4 Å². The maximum absolute atomic E-state index is 14.2. The van der Waals surface area contributed by atoms with Crippen LogP contribution in [0.2, 0.25) is 0 Å². The lowest BCUT2D eigenvalue weighted by Crippen LogP contribution is -2.19. The molecule has 1 saturated heterocycles. The summed E-state index contributed by atoms with van der Waals surface area (Å²) in [6.45, 7) is 1.85. The summed E-state index contributed by atoms with van der Waals surface area (Å²) in [5, 5.41) is 9.99. The minimum Gasteiger partial charge on any atom is -0.436 e. The molecule has 0 atom stereocenters. The van der Waals surface area contributed by atoms with Crippen LogP contribution >= 0.6 is 0 Å². The number of carbonyl (C=O) groups excluding carboxylic acids is 2. The maximum Gasteiger partial charge on any atom is 0.254 e. The third kappa shape index (κ3) is 3.49. The number of hydrogen-bond acceptors (Lipinski definition) is 6. The minimum atomic E-state index is -0.490. The van der Waals surface area contributed by atoms with Crippen LogP contribution in [0.1, 0.15) is 30.4 Å². The highest BCUT2D eigenvalue weighted by atomic mass is 19.1. The summed E-state index contributed by atoms with van der Waals surface area (Å²) in [6, 6.07) is 6.61. The second kappa shape index (κ2) is 6.94. The number of anilines is 1. The van der Waals surface area contributed by atoms with E-state index < -0.39 is 11.7 Å². The van der Waals surface area contributed by atoms with Crippen molar-refractivity contribution in [3.05, 3.63) is 53.0 Å². The fraction of sp³-hybridized carbons (Fsp3) is 0.238. The molecule has 0 bridgehead atoms. The Morgan fingerprint density at radius 2 is 2.13 bits per heavy atom. The van der Waals surface area contributed by atoms with Gasteiger partial charge in [-0.3, -0.25) is 14.9 Å². The van der Waals surface area contributed by atoms with Crippen molar-refractivity contribution in [2.75, 3.05) is 5.32 Å². The van der Waals surface area contributed by atoms with Gasteiger partial charge < -0.3 is 10.1 Å². The number of amides is 2. The van der Waals surface area contributed by atoms with Crippen LogP contribution in [0.4, 0.5) is 10.2 Å². The Hall–Kier alpha value is -3.75. The first-order chi connectivity index (χ1) is 14.5. The average molecular weight is 407 g/mol. The Balaban J connectivity index is 1.59. The standard InChI is InChI=1S/C21H18FN5O3/c1-11-2-5-15(22)16(6-11)30-19-9-17(24-14-3-4-14)27-20(26-19)13(10-23-27)7-12-8-18(28)25-21(12)29/h2,5-7,9-10,14,24H,3-4,8H2,1H3,(H,25,28,29)/b12-7+. The van der Waals surface area contributed by atoms with Crippen molar-refractivity contribution in [2.45, 2.75) is 32.2 Å². The normalized spacial score (nSPS) is 17.6. The monoisotopic (exact) mass is 407 g/mol. The topological polar surface area (TPSA) is 97.6 Å². The largest absolute Gasteiger partial charge is 0.436 e. The zero-order valence-corrected chi connectivity index (χ0v) is 16.1. The van der Waals surface area contributed by atoms with E-state index in [0.29, 0.717) is 28.6 Å². The molecule has 9 heteroatoms. The second-order valence-electron chi connectivity index (χ2n) is 7.49. The predicted octanol–water partition coefficient (Wildman–Crippen LogP) is 2.97. The Bertz CT molecular complexity index is 1230. The number of nitrogens with zero attached hydrogens (tertiary/aromatic N) is 3. The molecule has 1 aromatic carbocycles. The van der Waals surface area contributed by atoms with Crippen LogP contribution in [0.3, 0.4) is 0 Å². The van der Waals surface area contributed by atoms with Crippen molar-refractivity contribution < 1.29 is 18.7 Å². The number of rotatable bonds is 5. The van der Waals surface area contributed by atoms with Crippen molar-refractivity contribution in [3.63, 3.8) is 0 Å². The molecule has 2 aromatic heterocycles. The third-order valence-electron chi connectivity index (χ3n) is 4.93. The highest BCUT2D eigenvalue weighted by Crippen LogP contribution is 2.31. The molecule has 2 amide bonds. The van der Waals surface area contributed by atoms with Gasteiger partial charge in [0, 0.05) is 23.2 Å². The first-order valence-electron chi connectivity index (χ1n) is 9.60. The lowest BCUT2D eigenvalue weighted by molar-refractivity contribution is -0.124. The van der Waals surface area contributed by atoms with E-state index in [1.807, 2.05) is 6.92 Å². The molecule has 1 saturated carbocycles. The molecular weight excluding hydrogens is 389 g/mol. The Morgan fingerprint density at radius 3 is 2.87 bits per heavy atom. The number of halogens is 1. The highest BCUT2D eigenvalue weighted by Gasteiger charge is 2.26. The summed E-state index contributed by atoms with van der Waals surface area (Å²) in [7, 11) is 0. The SMILES string of the molecule is Cc1ccc(F)c(Oc2cc(NC3CC3)n3ncc(/C=C4\CC(=O)NC4=O)c3n2)c1. The average Bonchev–Trinajstić information content (AvgIpc) is 3.34. The lowest BCUT2D eigenvalue weighted by atomic mass is 10.1. The molecule has 3 aromatic rings. The van der Waals surface area contributed by atoms with Gasteiger partial charge in [-0.2, -0.15) is 14.6 Å². The van der Waals surface area contributed by atoms with Gasteiger partial charge in [0.05, 0.1) is 12.6 Å². The number of aromatic nitrogens is 3. The Labute approximate surface area is 170 Å². The second-order valence-corrected chi connectivity index (χ2v) is 7.49. The van der Waals surface area contributed by atoms with E-state index in [1.165, 1.54) is 6.07 Å². The summed E-state index contributed by atoms with van der Waals surface area (Å²) >= 11 is 0. The predicted molar refractivity (Wildman–Crippen MR) is 107 cm³/mol. The van der Waals surface area contributed by atoms with E-state index in [2.05, 4.69) is 20.7 Å². The molecule has 1 aliphatic heterocycles. The summed E-state index contributed by atoms with van der Waals surface area (Å²) < 4.78 is 21.5. The van der Waals surface area contributed by atoms with Crippen LogP contribution in [-0.2, 0) is 9.59 Å². The zero-order valence-electron chi connectivity index (χ0n) is 16.1. The van der Waals surface area contributed by atoms with E-state index in [4.69, 9.17) is 4.74 Å². The van der Waals surface area contributed by atoms with Crippen molar-refractivity contribution >= 4 is 29.4 Å². The molecule has 30 heavy (non-hydrogen) atoms. The van der Waals surface area contributed by atoms with E-state index >= 15 is 0 Å². The van der Waals surface area contributed by atoms with Gasteiger partial charge in [-0.15, -0.1) is 0 Å². The van der Waals surface area contributed by atoms with Gasteiger partial charge in [0.1, 0.15) is 5.82 Å². The number of ether oxygens (including phenoxy) is 1. The molecule has 5 rings (SSSR count).